The summed E-state index contributed by atoms with van der Waals surface area (Å²) in [5.74, 6) is -1.45. The lowest BCUT2D eigenvalue weighted by Gasteiger charge is -2.06. The van der Waals surface area contributed by atoms with Gasteiger partial charge in [0, 0.05) is 12.1 Å². The van der Waals surface area contributed by atoms with Crippen LogP contribution in [0.15, 0.2) is 48.5 Å². The number of hydrogen-bond donors (Lipinski definition) is 1. The van der Waals surface area contributed by atoms with Crippen molar-refractivity contribution in [3.05, 3.63) is 76.9 Å². The summed E-state index contributed by atoms with van der Waals surface area (Å²) in [5, 5.41) is 11.2. The molecule has 0 bridgehead atoms. The molecule has 2 aromatic rings. The molecule has 0 aliphatic rings. The van der Waals surface area contributed by atoms with Crippen LogP contribution in [0.5, 0.6) is 0 Å². The predicted molar refractivity (Wildman–Crippen MR) is 89.4 cm³/mol. The van der Waals surface area contributed by atoms with Crippen molar-refractivity contribution in [1.82, 2.24) is 5.32 Å². The van der Waals surface area contributed by atoms with Crippen LogP contribution < -0.4 is 5.32 Å². The molecule has 128 valence electrons. The molecule has 0 fully saturated rings. The van der Waals surface area contributed by atoms with E-state index < -0.39 is 17.7 Å². The average Bonchev–Trinajstić information content (AvgIpc) is 2.63. The number of carbonyl (C=O) groups is 1. The first-order chi connectivity index (χ1) is 12.1. The van der Waals surface area contributed by atoms with Crippen LogP contribution in [-0.4, -0.2) is 12.6 Å². The fraction of sp³-hybridized carbons (Fsp3) is 0.158. The lowest BCUT2D eigenvalue weighted by Crippen LogP contribution is -2.24. The molecule has 0 aliphatic carbocycles. The first-order valence-corrected chi connectivity index (χ1v) is 7.60. The number of benzene rings is 2. The molecule has 4 nitrogen and oxygen atoms in total. The predicted octanol–water partition coefficient (Wildman–Crippen LogP) is 4.17. The van der Waals surface area contributed by atoms with Crippen molar-refractivity contribution in [2.75, 3.05) is 6.54 Å². The summed E-state index contributed by atoms with van der Waals surface area (Å²) in [6.07, 6.45) is 2.87. The van der Waals surface area contributed by atoms with E-state index in [2.05, 4.69) is 5.32 Å². The van der Waals surface area contributed by atoms with Crippen LogP contribution in [-0.2, 0) is 11.3 Å². The Morgan fingerprint density at radius 1 is 1.20 bits per heavy atom. The Kier molecular flexibility index (Phi) is 6.66. The summed E-state index contributed by atoms with van der Waals surface area (Å²) in [6, 6.07) is 12.7. The zero-order valence-corrected chi connectivity index (χ0v) is 13.3. The van der Waals surface area contributed by atoms with Crippen LogP contribution in [0.4, 0.5) is 13.6 Å². The number of nitrogens with one attached hydrogen (secondary N) is 1. The van der Waals surface area contributed by atoms with E-state index in [0.717, 1.165) is 17.7 Å². The quantitative estimate of drug-likeness (QED) is 0.802. The maximum atomic E-state index is 13.7. The van der Waals surface area contributed by atoms with Crippen molar-refractivity contribution in [2.45, 2.75) is 13.0 Å². The fourth-order valence-corrected chi connectivity index (χ4v) is 2.02. The van der Waals surface area contributed by atoms with Gasteiger partial charge in [-0.3, -0.25) is 0 Å². The van der Waals surface area contributed by atoms with Gasteiger partial charge in [-0.1, -0.05) is 42.5 Å². The van der Waals surface area contributed by atoms with E-state index >= 15 is 0 Å². The van der Waals surface area contributed by atoms with Gasteiger partial charge in [-0.25, -0.2) is 13.6 Å². The number of carbonyl (C=O) groups excluding carboxylic acids is 1. The van der Waals surface area contributed by atoms with E-state index in [-0.39, 0.29) is 17.7 Å². The van der Waals surface area contributed by atoms with Gasteiger partial charge in [-0.2, -0.15) is 5.26 Å². The number of rotatable bonds is 6. The van der Waals surface area contributed by atoms with E-state index in [4.69, 9.17) is 10.00 Å². The van der Waals surface area contributed by atoms with Gasteiger partial charge in [0.2, 0.25) is 0 Å². The molecule has 0 unspecified atom stereocenters. The van der Waals surface area contributed by atoms with Gasteiger partial charge in [-0.05, 0) is 24.1 Å². The Bertz CT molecular complexity index is 799. The summed E-state index contributed by atoms with van der Waals surface area (Å²) in [4.78, 5) is 11.5. The van der Waals surface area contributed by atoms with Gasteiger partial charge in [0.25, 0.3) is 0 Å². The lowest BCUT2D eigenvalue weighted by molar-refractivity contribution is 0.140. The molecule has 0 heterocycles. The maximum Gasteiger partial charge on any atom is 0.407 e. The van der Waals surface area contributed by atoms with E-state index in [1.54, 1.807) is 12.1 Å². The normalized spacial score (nSPS) is 10.4. The number of ether oxygens (including phenoxy) is 1. The van der Waals surface area contributed by atoms with Crippen LogP contribution in [0.2, 0.25) is 0 Å². The second kappa shape index (κ2) is 9.18. The number of amides is 1. The van der Waals surface area contributed by atoms with E-state index in [1.165, 1.54) is 6.08 Å². The molecule has 0 saturated carbocycles. The minimum atomic E-state index is -0.772. The van der Waals surface area contributed by atoms with Crippen molar-refractivity contribution < 1.29 is 18.3 Å². The zero-order chi connectivity index (χ0) is 18.1. The second-order valence-electron chi connectivity index (χ2n) is 5.14. The summed E-state index contributed by atoms with van der Waals surface area (Å²) >= 11 is 0. The highest BCUT2D eigenvalue weighted by atomic mass is 19.1. The first kappa shape index (κ1) is 18.1. The highest BCUT2D eigenvalue weighted by molar-refractivity contribution is 5.67. The first-order valence-electron chi connectivity index (χ1n) is 7.60. The van der Waals surface area contributed by atoms with E-state index in [0.29, 0.717) is 13.0 Å². The number of hydrogen-bond acceptors (Lipinski definition) is 3. The van der Waals surface area contributed by atoms with Gasteiger partial charge in [0.05, 0.1) is 5.56 Å². The van der Waals surface area contributed by atoms with Gasteiger partial charge in [0.1, 0.15) is 24.3 Å². The van der Waals surface area contributed by atoms with Gasteiger partial charge in [-0.15, -0.1) is 0 Å². The molecule has 0 spiro atoms. The summed E-state index contributed by atoms with van der Waals surface area (Å²) in [6.45, 7) is 0.475. The molecule has 0 atom stereocenters. The SMILES string of the molecule is N#Cc1cc(F)c(C=CCCNC(=O)OCc2ccccc2)cc1F. The average molecular weight is 342 g/mol. The van der Waals surface area contributed by atoms with Crippen LogP contribution in [0.1, 0.15) is 23.1 Å². The largest absolute Gasteiger partial charge is 0.445 e. The van der Waals surface area contributed by atoms with E-state index in [1.807, 2.05) is 30.3 Å². The van der Waals surface area contributed by atoms with Crippen molar-refractivity contribution in [3.63, 3.8) is 0 Å². The molecule has 1 N–H and O–H groups in total. The van der Waals surface area contributed by atoms with Gasteiger partial charge >= 0.3 is 6.09 Å². The summed E-state index contributed by atoms with van der Waals surface area (Å²) in [5.41, 5.74) is 0.594. The standard InChI is InChI=1S/C19H16F2N2O2/c20-17-11-16(12-22)18(21)10-15(17)8-4-5-9-23-19(24)25-13-14-6-2-1-3-7-14/h1-4,6-8,10-11H,5,9,13H2,(H,23,24). The Balaban J connectivity index is 1.74. The monoisotopic (exact) mass is 342 g/mol. The number of halogens is 2. The summed E-state index contributed by atoms with van der Waals surface area (Å²) < 4.78 is 32.1. The van der Waals surface area contributed by atoms with Crippen molar-refractivity contribution in [3.8, 4) is 6.07 Å². The molecule has 0 aliphatic heterocycles. The van der Waals surface area contributed by atoms with Crippen molar-refractivity contribution >= 4 is 12.2 Å². The Morgan fingerprint density at radius 3 is 2.68 bits per heavy atom. The number of alkyl carbamates (subject to hydrolysis) is 1. The zero-order valence-electron chi connectivity index (χ0n) is 13.3. The Labute approximate surface area is 144 Å². The Morgan fingerprint density at radius 2 is 1.96 bits per heavy atom. The Hall–Kier alpha value is -3.20. The molecule has 0 aromatic heterocycles. The van der Waals surface area contributed by atoms with Gasteiger partial charge in [0.15, 0.2) is 0 Å². The third kappa shape index (κ3) is 5.74. The fourth-order valence-electron chi connectivity index (χ4n) is 2.02. The molecule has 2 aromatic carbocycles. The van der Waals surface area contributed by atoms with Crippen molar-refractivity contribution in [2.24, 2.45) is 0 Å². The molecule has 6 heteroatoms. The third-order valence-electron chi connectivity index (χ3n) is 3.30. The van der Waals surface area contributed by atoms with Gasteiger partial charge < -0.3 is 10.1 Å². The van der Waals surface area contributed by atoms with Crippen LogP contribution in [0.3, 0.4) is 0 Å². The van der Waals surface area contributed by atoms with Crippen molar-refractivity contribution in [1.29, 1.82) is 5.26 Å². The smallest absolute Gasteiger partial charge is 0.407 e. The molecule has 0 saturated heterocycles. The van der Waals surface area contributed by atoms with E-state index in [9.17, 15) is 13.6 Å². The minimum Gasteiger partial charge on any atom is -0.445 e. The minimum absolute atomic E-state index is 0.0446. The molecular weight excluding hydrogens is 326 g/mol. The van der Waals surface area contributed by atoms with Crippen LogP contribution in [0, 0.1) is 23.0 Å². The molecule has 2 rings (SSSR count). The number of nitriles is 1. The topological polar surface area (TPSA) is 62.1 Å². The highest BCUT2D eigenvalue weighted by Crippen LogP contribution is 2.15. The summed E-state index contributed by atoms with van der Waals surface area (Å²) in [7, 11) is 0. The molecular formula is C19H16F2N2O2. The van der Waals surface area contributed by atoms with Crippen LogP contribution in [0.25, 0.3) is 6.08 Å². The van der Waals surface area contributed by atoms with Crippen LogP contribution >= 0.6 is 0 Å². The molecule has 1 amide bonds. The maximum absolute atomic E-state index is 13.7. The third-order valence-corrected chi connectivity index (χ3v) is 3.30. The lowest BCUT2D eigenvalue weighted by atomic mass is 10.1. The molecule has 0 radical (unpaired) electrons. The molecule has 25 heavy (non-hydrogen) atoms. The number of nitrogens with zero attached hydrogens (tertiary/aromatic N) is 1. The highest BCUT2D eigenvalue weighted by Gasteiger charge is 2.07. The second-order valence-corrected chi connectivity index (χ2v) is 5.14.